The highest BCUT2D eigenvalue weighted by atomic mass is 32.2. The summed E-state index contributed by atoms with van der Waals surface area (Å²) in [6.07, 6.45) is 1.51. The molecule has 0 unspecified atom stereocenters. The van der Waals surface area contributed by atoms with Gasteiger partial charge in [0.1, 0.15) is 5.03 Å². The molecule has 3 aromatic rings. The number of hydrogen-bond donors (Lipinski definition) is 1. The number of fused-ring (bicyclic) bond motifs is 1. The van der Waals surface area contributed by atoms with E-state index >= 15 is 0 Å². The first-order chi connectivity index (χ1) is 9.74. The Kier molecular flexibility index (Phi) is 3.39. The molecule has 0 saturated carbocycles. The largest absolute Gasteiger partial charge is 0.366 e. The van der Waals surface area contributed by atoms with Gasteiger partial charge in [0.05, 0.1) is 5.56 Å². The first kappa shape index (κ1) is 12.7. The van der Waals surface area contributed by atoms with E-state index in [9.17, 15) is 4.79 Å². The second-order valence-corrected chi connectivity index (χ2v) is 5.39. The Hall–Kier alpha value is -2.33. The topological polar surface area (TPSA) is 56.0 Å². The summed E-state index contributed by atoms with van der Waals surface area (Å²) < 4.78 is 0. The van der Waals surface area contributed by atoms with Crippen molar-refractivity contribution >= 4 is 28.4 Å². The molecular weight excluding hydrogens is 268 g/mol. The molecule has 3 nitrogen and oxygen atoms in total. The number of benzene rings is 2. The van der Waals surface area contributed by atoms with Crippen LogP contribution >= 0.6 is 11.8 Å². The molecule has 0 atom stereocenters. The molecule has 0 spiro atoms. The second kappa shape index (κ2) is 5.35. The van der Waals surface area contributed by atoms with E-state index < -0.39 is 5.91 Å². The maximum atomic E-state index is 11.0. The van der Waals surface area contributed by atoms with E-state index in [-0.39, 0.29) is 0 Å². The van der Waals surface area contributed by atoms with Crippen molar-refractivity contribution in [3.8, 4) is 0 Å². The summed E-state index contributed by atoms with van der Waals surface area (Å²) in [5.41, 5.74) is 5.63. The number of nitrogens with two attached hydrogens (primary N) is 1. The van der Waals surface area contributed by atoms with Crippen LogP contribution in [0, 0.1) is 0 Å². The quantitative estimate of drug-likeness (QED) is 0.799. The van der Waals surface area contributed by atoms with Gasteiger partial charge in [0.2, 0.25) is 5.91 Å². The Morgan fingerprint density at radius 2 is 1.80 bits per heavy atom. The van der Waals surface area contributed by atoms with Gasteiger partial charge in [-0.1, -0.05) is 48.2 Å². The highest BCUT2D eigenvalue weighted by molar-refractivity contribution is 7.99. The zero-order chi connectivity index (χ0) is 13.9. The number of primary amides is 1. The highest BCUT2D eigenvalue weighted by Crippen LogP contribution is 2.32. The molecule has 4 heteroatoms. The standard InChI is InChI=1S/C16H12N2OS/c17-16(19)12-8-9-15(18-10-12)20-14-7-3-5-11-4-1-2-6-13(11)14/h1-10H,(H2,17,19). The fraction of sp³-hybridized carbons (Fsp3) is 0. The summed E-state index contributed by atoms with van der Waals surface area (Å²) >= 11 is 1.57. The molecule has 20 heavy (non-hydrogen) atoms. The zero-order valence-electron chi connectivity index (χ0n) is 10.6. The molecule has 98 valence electrons. The van der Waals surface area contributed by atoms with Crippen LogP contribution in [0.1, 0.15) is 10.4 Å². The molecule has 0 saturated heterocycles. The van der Waals surface area contributed by atoms with Crippen LogP contribution in [-0.4, -0.2) is 10.9 Å². The van der Waals surface area contributed by atoms with Gasteiger partial charge in [0, 0.05) is 11.1 Å². The molecular formula is C16H12N2OS. The van der Waals surface area contributed by atoms with Gasteiger partial charge in [-0.05, 0) is 29.0 Å². The number of carbonyl (C=O) groups is 1. The normalized spacial score (nSPS) is 10.6. The van der Waals surface area contributed by atoms with Crippen molar-refractivity contribution in [2.24, 2.45) is 5.73 Å². The van der Waals surface area contributed by atoms with E-state index in [0.717, 1.165) is 9.92 Å². The van der Waals surface area contributed by atoms with E-state index in [1.807, 2.05) is 24.3 Å². The van der Waals surface area contributed by atoms with Crippen LogP contribution in [-0.2, 0) is 0 Å². The Labute approximate surface area is 120 Å². The first-order valence-electron chi connectivity index (χ1n) is 6.15. The number of aromatic nitrogens is 1. The summed E-state index contributed by atoms with van der Waals surface area (Å²) in [6, 6.07) is 17.9. The number of amides is 1. The van der Waals surface area contributed by atoms with Gasteiger partial charge in [-0.3, -0.25) is 4.79 Å². The molecule has 2 N–H and O–H groups in total. The van der Waals surface area contributed by atoms with E-state index in [0.29, 0.717) is 5.56 Å². The molecule has 0 bridgehead atoms. The van der Waals surface area contributed by atoms with Gasteiger partial charge < -0.3 is 5.73 Å². The highest BCUT2D eigenvalue weighted by Gasteiger charge is 2.05. The Bertz CT molecular complexity index is 764. The van der Waals surface area contributed by atoms with Crippen molar-refractivity contribution < 1.29 is 4.79 Å². The minimum Gasteiger partial charge on any atom is -0.366 e. The lowest BCUT2D eigenvalue weighted by Gasteiger charge is -2.05. The smallest absolute Gasteiger partial charge is 0.250 e. The SMILES string of the molecule is NC(=O)c1ccc(Sc2cccc3ccccc23)nc1. The predicted molar refractivity (Wildman–Crippen MR) is 80.8 cm³/mol. The summed E-state index contributed by atoms with van der Waals surface area (Å²) in [4.78, 5) is 16.4. The van der Waals surface area contributed by atoms with E-state index in [1.165, 1.54) is 17.0 Å². The molecule has 1 aromatic heterocycles. The van der Waals surface area contributed by atoms with E-state index in [4.69, 9.17) is 5.73 Å². The summed E-state index contributed by atoms with van der Waals surface area (Å²) in [5.74, 6) is -0.459. The molecule has 0 aliphatic rings. The Balaban J connectivity index is 1.95. The third kappa shape index (κ3) is 2.51. The van der Waals surface area contributed by atoms with Crippen molar-refractivity contribution in [3.05, 3.63) is 66.4 Å². The molecule has 2 aromatic carbocycles. The van der Waals surface area contributed by atoms with Gasteiger partial charge in [-0.2, -0.15) is 0 Å². The van der Waals surface area contributed by atoms with Crippen LogP contribution in [0.2, 0.25) is 0 Å². The minimum atomic E-state index is -0.459. The first-order valence-corrected chi connectivity index (χ1v) is 6.97. The van der Waals surface area contributed by atoms with Crippen molar-refractivity contribution in [1.82, 2.24) is 4.98 Å². The number of hydrogen-bond acceptors (Lipinski definition) is 3. The summed E-state index contributed by atoms with van der Waals surface area (Å²) in [6.45, 7) is 0. The maximum absolute atomic E-state index is 11.0. The third-order valence-electron chi connectivity index (χ3n) is 2.99. The molecule has 1 amide bonds. The Morgan fingerprint density at radius 3 is 2.55 bits per heavy atom. The van der Waals surface area contributed by atoms with Crippen LogP contribution in [0.25, 0.3) is 10.8 Å². The average Bonchev–Trinajstić information content (AvgIpc) is 2.48. The van der Waals surface area contributed by atoms with Crippen molar-refractivity contribution in [2.75, 3.05) is 0 Å². The lowest BCUT2D eigenvalue weighted by atomic mass is 10.1. The van der Waals surface area contributed by atoms with E-state index in [1.54, 1.807) is 17.8 Å². The van der Waals surface area contributed by atoms with Crippen molar-refractivity contribution in [1.29, 1.82) is 0 Å². The van der Waals surface area contributed by atoms with Crippen molar-refractivity contribution in [2.45, 2.75) is 9.92 Å². The van der Waals surface area contributed by atoms with E-state index in [2.05, 4.69) is 29.2 Å². The van der Waals surface area contributed by atoms with Gasteiger partial charge in [0.15, 0.2) is 0 Å². The molecule has 1 heterocycles. The zero-order valence-corrected chi connectivity index (χ0v) is 11.4. The van der Waals surface area contributed by atoms with Crippen LogP contribution in [0.15, 0.2) is 70.7 Å². The number of rotatable bonds is 3. The second-order valence-electron chi connectivity index (χ2n) is 4.33. The average molecular weight is 280 g/mol. The fourth-order valence-corrected chi connectivity index (χ4v) is 2.89. The van der Waals surface area contributed by atoms with Crippen LogP contribution < -0.4 is 5.73 Å². The summed E-state index contributed by atoms with van der Waals surface area (Å²) in [7, 11) is 0. The van der Waals surface area contributed by atoms with Crippen LogP contribution in [0.3, 0.4) is 0 Å². The van der Waals surface area contributed by atoms with Gasteiger partial charge >= 0.3 is 0 Å². The van der Waals surface area contributed by atoms with Gasteiger partial charge in [-0.25, -0.2) is 4.98 Å². The third-order valence-corrected chi connectivity index (χ3v) is 4.01. The molecule has 0 aliphatic carbocycles. The van der Waals surface area contributed by atoms with Gasteiger partial charge in [-0.15, -0.1) is 0 Å². The number of nitrogens with zero attached hydrogens (tertiary/aromatic N) is 1. The van der Waals surface area contributed by atoms with Crippen LogP contribution in [0.5, 0.6) is 0 Å². The molecule has 0 fully saturated rings. The maximum Gasteiger partial charge on any atom is 0.250 e. The number of pyridine rings is 1. The number of carbonyl (C=O) groups excluding carboxylic acids is 1. The van der Waals surface area contributed by atoms with Crippen LogP contribution in [0.4, 0.5) is 0 Å². The fourth-order valence-electron chi connectivity index (χ4n) is 1.98. The molecule has 3 rings (SSSR count). The Morgan fingerprint density at radius 1 is 1.00 bits per heavy atom. The summed E-state index contributed by atoms with van der Waals surface area (Å²) in [5, 5.41) is 3.23. The van der Waals surface area contributed by atoms with Crippen molar-refractivity contribution in [3.63, 3.8) is 0 Å². The lowest BCUT2D eigenvalue weighted by Crippen LogP contribution is -2.10. The van der Waals surface area contributed by atoms with Gasteiger partial charge in [0.25, 0.3) is 0 Å². The molecule has 0 aliphatic heterocycles. The molecule has 0 radical (unpaired) electrons. The lowest BCUT2D eigenvalue weighted by molar-refractivity contribution is 0.1000. The minimum absolute atomic E-state index is 0.423. The monoisotopic (exact) mass is 280 g/mol. The predicted octanol–water partition coefficient (Wildman–Crippen LogP) is 3.48.